The maximum atomic E-state index is 13.5. The van der Waals surface area contributed by atoms with Gasteiger partial charge in [0, 0.05) is 31.7 Å². The smallest absolute Gasteiger partial charge is 0.309 e. The lowest BCUT2D eigenvalue weighted by Gasteiger charge is -2.35. The van der Waals surface area contributed by atoms with Crippen LogP contribution in [0, 0.1) is 24.2 Å². The maximum Gasteiger partial charge on any atom is 0.309 e. The van der Waals surface area contributed by atoms with E-state index in [2.05, 4.69) is 11.0 Å². The zero-order valence-electron chi connectivity index (χ0n) is 23.8. The van der Waals surface area contributed by atoms with Crippen LogP contribution in [-0.4, -0.2) is 59.0 Å². The number of methoxy groups -OCH3 is 1. The van der Waals surface area contributed by atoms with Gasteiger partial charge in [0.25, 0.3) is 11.5 Å². The first-order valence-electron chi connectivity index (χ1n) is 13.7. The van der Waals surface area contributed by atoms with Crippen LogP contribution >= 0.6 is 24.0 Å². The van der Waals surface area contributed by atoms with E-state index in [1.54, 1.807) is 36.5 Å². The first-order chi connectivity index (χ1) is 19.7. The number of pyridine rings is 1. The van der Waals surface area contributed by atoms with E-state index in [0.29, 0.717) is 78.2 Å². The minimum atomic E-state index is -0.362. The SMILES string of the molecule is CCOC(=O)C1CCN(c2c(/C=C3\SC(=S)N(CCc4ccc(OC)cc4)C3=O)c(C)c(C#N)c(=O)n2CC)CC1. The molecule has 0 spiro atoms. The van der Waals surface area contributed by atoms with Crippen LogP contribution in [-0.2, 0) is 27.3 Å². The number of nitrogens with zero attached hydrogens (tertiary/aromatic N) is 4. The van der Waals surface area contributed by atoms with Gasteiger partial charge in [0.15, 0.2) is 0 Å². The molecule has 4 rings (SSSR count). The lowest BCUT2D eigenvalue weighted by Crippen LogP contribution is -2.41. The zero-order valence-corrected chi connectivity index (χ0v) is 25.4. The van der Waals surface area contributed by atoms with E-state index in [9.17, 15) is 19.6 Å². The lowest BCUT2D eigenvalue weighted by molar-refractivity contribution is -0.148. The molecule has 2 aromatic rings. The molecule has 41 heavy (non-hydrogen) atoms. The van der Waals surface area contributed by atoms with Gasteiger partial charge < -0.3 is 14.4 Å². The molecule has 2 aliphatic rings. The second-order valence-corrected chi connectivity index (χ2v) is 11.5. The molecule has 0 radical (unpaired) electrons. The largest absolute Gasteiger partial charge is 0.497 e. The summed E-state index contributed by atoms with van der Waals surface area (Å²) in [6, 6.07) is 9.76. The quantitative estimate of drug-likeness (QED) is 0.239. The molecule has 0 saturated carbocycles. The number of anilines is 1. The van der Waals surface area contributed by atoms with Crippen molar-refractivity contribution in [2.24, 2.45) is 5.92 Å². The Hall–Kier alpha value is -3.62. The first-order valence-corrected chi connectivity index (χ1v) is 14.9. The molecule has 1 amide bonds. The number of carbonyl (C=O) groups is 2. The second-order valence-electron chi connectivity index (χ2n) is 9.84. The number of nitriles is 1. The molecular weight excluding hydrogens is 560 g/mol. The third-order valence-electron chi connectivity index (χ3n) is 7.51. The third kappa shape index (κ3) is 6.34. The van der Waals surface area contributed by atoms with Crippen LogP contribution in [0.25, 0.3) is 6.08 Å². The Kier molecular flexibility index (Phi) is 9.89. The summed E-state index contributed by atoms with van der Waals surface area (Å²) in [5, 5.41) is 9.84. The van der Waals surface area contributed by atoms with Gasteiger partial charge in [-0.1, -0.05) is 36.1 Å². The average Bonchev–Trinajstić information content (AvgIpc) is 3.25. The number of ether oxygens (including phenoxy) is 2. The highest BCUT2D eigenvalue weighted by molar-refractivity contribution is 8.26. The van der Waals surface area contributed by atoms with Crippen LogP contribution in [0.3, 0.4) is 0 Å². The van der Waals surface area contributed by atoms with Gasteiger partial charge in [0.05, 0.1) is 24.5 Å². The molecule has 1 aromatic carbocycles. The van der Waals surface area contributed by atoms with Gasteiger partial charge in [0.1, 0.15) is 27.5 Å². The Balaban J connectivity index is 1.66. The third-order valence-corrected chi connectivity index (χ3v) is 8.89. The number of rotatable bonds is 9. The number of carbonyl (C=O) groups excluding carboxylic acids is 2. The normalized spacial score (nSPS) is 16.8. The summed E-state index contributed by atoms with van der Waals surface area (Å²) < 4.78 is 12.5. The molecule has 0 atom stereocenters. The molecule has 0 aliphatic carbocycles. The van der Waals surface area contributed by atoms with Gasteiger partial charge in [-0.2, -0.15) is 5.26 Å². The van der Waals surface area contributed by atoms with Crippen molar-refractivity contribution in [2.75, 3.05) is 38.3 Å². The van der Waals surface area contributed by atoms with Crippen molar-refractivity contribution in [1.29, 1.82) is 5.26 Å². The summed E-state index contributed by atoms with van der Waals surface area (Å²) in [7, 11) is 1.62. The number of aromatic nitrogens is 1. The summed E-state index contributed by atoms with van der Waals surface area (Å²) in [4.78, 5) is 43.3. The van der Waals surface area contributed by atoms with Gasteiger partial charge in [-0.05, 0) is 69.4 Å². The molecule has 9 nitrogen and oxygen atoms in total. The van der Waals surface area contributed by atoms with Crippen molar-refractivity contribution in [3.63, 3.8) is 0 Å². The predicted octanol–water partition coefficient (Wildman–Crippen LogP) is 4.28. The van der Waals surface area contributed by atoms with Crippen LogP contribution in [0.2, 0.25) is 0 Å². The molecule has 2 aliphatic heterocycles. The Morgan fingerprint density at radius 2 is 1.88 bits per heavy atom. The Morgan fingerprint density at radius 1 is 1.20 bits per heavy atom. The van der Waals surface area contributed by atoms with Gasteiger partial charge in [-0.15, -0.1) is 0 Å². The highest BCUT2D eigenvalue weighted by Gasteiger charge is 2.34. The van der Waals surface area contributed by atoms with E-state index in [4.69, 9.17) is 21.7 Å². The Labute approximate surface area is 249 Å². The van der Waals surface area contributed by atoms with E-state index < -0.39 is 0 Å². The van der Waals surface area contributed by atoms with Crippen molar-refractivity contribution < 1.29 is 19.1 Å². The summed E-state index contributed by atoms with van der Waals surface area (Å²) in [5.41, 5.74) is 1.92. The fourth-order valence-corrected chi connectivity index (χ4v) is 6.51. The van der Waals surface area contributed by atoms with E-state index in [1.807, 2.05) is 31.2 Å². The molecule has 1 aromatic heterocycles. The second kappa shape index (κ2) is 13.4. The van der Waals surface area contributed by atoms with E-state index in [0.717, 1.165) is 11.3 Å². The number of hydrogen-bond donors (Lipinski definition) is 0. The number of piperidine rings is 1. The average molecular weight is 595 g/mol. The molecule has 0 N–H and O–H groups in total. The Morgan fingerprint density at radius 3 is 2.46 bits per heavy atom. The highest BCUT2D eigenvalue weighted by atomic mass is 32.2. The summed E-state index contributed by atoms with van der Waals surface area (Å²) in [6.45, 7) is 7.59. The van der Waals surface area contributed by atoms with Crippen molar-refractivity contribution >= 4 is 52.1 Å². The summed E-state index contributed by atoms with van der Waals surface area (Å²) in [5.74, 6) is 0.823. The maximum absolute atomic E-state index is 13.5. The van der Waals surface area contributed by atoms with Crippen LogP contribution in [0.4, 0.5) is 5.82 Å². The number of esters is 1. The molecule has 2 fully saturated rings. The summed E-state index contributed by atoms with van der Waals surface area (Å²) in [6.07, 6.45) is 3.56. The standard InChI is InChI=1S/C30H34N4O5S2/c1-5-33-26(32-14-12-21(13-15-32)29(37)39-6-2)23(19(3)24(18-31)27(33)35)17-25-28(36)34(30(40)41-25)16-11-20-7-9-22(38-4)10-8-20/h7-10,17,21H,5-6,11-16H2,1-4H3/b25-17-. The van der Waals surface area contributed by atoms with Gasteiger partial charge in [0.2, 0.25) is 0 Å². The number of amides is 1. The number of thiocarbonyl (C=S) groups is 1. The van der Waals surface area contributed by atoms with Crippen LogP contribution in [0.5, 0.6) is 5.75 Å². The first kappa shape index (κ1) is 30.3. The minimum Gasteiger partial charge on any atom is -0.497 e. The Bertz CT molecular complexity index is 1470. The van der Waals surface area contributed by atoms with E-state index in [1.165, 1.54) is 11.8 Å². The minimum absolute atomic E-state index is 0.0539. The fourth-order valence-electron chi connectivity index (χ4n) is 5.22. The van der Waals surface area contributed by atoms with Crippen molar-refractivity contribution in [2.45, 2.75) is 46.6 Å². The number of benzene rings is 1. The molecule has 0 bridgehead atoms. The van der Waals surface area contributed by atoms with Gasteiger partial charge >= 0.3 is 5.97 Å². The molecule has 11 heteroatoms. The molecular formula is C30H34N4O5S2. The molecule has 216 valence electrons. The molecule has 0 unspecified atom stereocenters. The van der Waals surface area contributed by atoms with Crippen LogP contribution in [0.1, 0.15) is 48.9 Å². The molecule has 2 saturated heterocycles. The topological polar surface area (TPSA) is 105 Å². The van der Waals surface area contributed by atoms with Crippen molar-refractivity contribution in [3.05, 3.63) is 61.8 Å². The van der Waals surface area contributed by atoms with Crippen LogP contribution in [0.15, 0.2) is 34.0 Å². The van der Waals surface area contributed by atoms with Crippen LogP contribution < -0.4 is 15.2 Å². The van der Waals surface area contributed by atoms with Gasteiger partial charge in [-0.3, -0.25) is 23.9 Å². The number of thioether (sulfide) groups is 1. The van der Waals surface area contributed by atoms with E-state index >= 15 is 0 Å². The lowest BCUT2D eigenvalue weighted by atomic mass is 9.95. The van der Waals surface area contributed by atoms with E-state index in [-0.39, 0.29) is 28.9 Å². The highest BCUT2D eigenvalue weighted by Crippen LogP contribution is 2.37. The fraction of sp³-hybridized carbons (Fsp3) is 0.433. The van der Waals surface area contributed by atoms with Crippen molar-refractivity contribution in [1.82, 2.24) is 9.47 Å². The molecule has 3 heterocycles. The monoisotopic (exact) mass is 594 g/mol. The van der Waals surface area contributed by atoms with Gasteiger partial charge in [-0.25, -0.2) is 0 Å². The predicted molar refractivity (Wildman–Crippen MR) is 164 cm³/mol. The zero-order chi connectivity index (χ0) is 29.7. The summed E-state index contributed by atoms with van der Waals surface area (Å²) >= 11 is 6.80. The number of hydrogen-bond acceptors (Lipinski definition) is 9. The van der Waals surface area contributed by atoms with Crippen molar-refractivity contribution in [3.8, 4) is 11.8 Å².